The molecule has 0 unspecified atom stereocenters. The molecule has 17 heavy (non-hydrogen) atoms. The van der Waals surface area contributed by atoms with E-state index < -0.39 is 0 Å². The molecule has 84 valence electrons. The van der Waals surface area contributed by atoms with Crippen LogP contribution >= 0.6 is 0 Å². The molecular formula is C16H15N. The molecule has 0 saturated carbocycles. The Labute approximate surface area is 102 Å². The van der Waals surface area contributed by atoms with Crippen molar-refractivity contribution in [2.24, 2.45) is 4.99 Å². The van der Waals surface area contributed by atoms with Crippen LogP contribution in [-0.2, 0) is 0 Å². The summed E-state index contributed by atoms with van der Waals surface area (Å²) >= 11 is 0. The van der Waals surface area contributed by atoms with Gasteiger partial charge in [-0.1, -0.05) is 54.6 Å². The van der Waals surface area contributed by atoms with Crippen molar-refractivity contribution >= 4 is 18.0 Å². The zero-order valence-corrected chi connectivity index (χ0v) is 9.88. The third-order valence-corrected chi connectivity index (χ3v) is 2.37. The molecule has 0 radical (unpaired) electrons. The monoisotopic (exact) mass is 221 g/mol. The zero-order chi connectivity index (χ0) is 11.9. The molecule has 0 bridgehead atoms. The molecule has 0 spiro atoms. The fourth-order valence-electron chi connectivity index (χ4n) is 1.54. The van der Waals surface area contributed by atoms with Gasteiger partial charge in [-0.2, -0.15) is 0 Å². The Hall–Kier alpha value is -2.15. The van der Waals surface area contributed by atoms with Crippen molar-refractivity contribution in [2.75, 3.05) is 0 Å². The zero-order valence-electron chi connectivity index (χ0n) is 9.88. The lowest BCUT2D eigenvalue weighted by Crippen LogP contribution is -1.78. The molecule has 1 nitrogen and oxygen atoms in total. The van der Waals surface area contributed by atoms with Crippen molar-refractivity contribution in [1.82, 2.24) is 0 Å². The van der Waals surface area contributed by atoms with Gasteiger partial charge >= 0.3 is 0 Å². The highest BCUT2D eigenvalue weighted by atomic mass is 14.7. The maximum atomic E-state index is 4.41. The van der Waals surface area contributed by atoms with Gasteiger partial charge in [0.05, 0.1) is 5.69 Å². The van der Waals surface area contributed by atoms with Crippen molar-refractivity contribution < 1.29 is 0 Å². The van der Waals surface area contributed by atoms with Gasteiger partial charge in [-0.3, -0.25) is 4.99 Å². The summed E-state index contributed by atoms with van der Waals surface area (Å²) in [4.78, 5) is 4.41. The Morgan fingerprint density at radius 3 is 2.12 bits per heavy atom. The van der Waals surface area contributed by atoms with E-state index in [0.717, 1.165) is 11.3 Å². The quantitative estimate of drug-likeness (QED) is 0.677. The van der Waals surface area contributed by atoms with Gasteiger partial charge in [-0.25, -0.2) is 0 Å². The maximum absolute atomic E-state index is 4.41. The van der Waals surface area contributed by atoms with Crippen LogP contribution in [0.2, 0.25) is 0 Å². The van der Waals surface area contributed by atoms with Crippen LogP contribution in [0.1, 0.15) is 12.5 Å². The van der Waals surface area contributed by atoms with Gasteiger partial charge in [0.2, 0.25) is 0 Å². The van der Waals surface area contributed by atoms with Crippen LogP contribution in [0.25, 0.3) is 6.08 Å². The van der Waals surface area contributed by atoms with E-state index in [1.807, 2.05) is 54.7 Å². The molecule has 0 heterocycles. The van der Waals surface area contributed by atoms with E-state index in [9.17, 15) is 0 Å². The second kappa shape index (κ2) is 5.80. The molecule has 0 atom stereocenters. The molecule has 0 aliphatic rings. The van der Waals surface area contributed by atoms with Crippen LogP contribution in [0.15, 0.2) is 71.2 Å². The summed E-state index contributed by atoms with van der Waals surface area (Å²) in [6.45, 7) is 2.06. The molecule has 2 aromatic rings. The average Bonchev–Trinajstić information content (AvgIpc) is 2.39. The minimum atomic E-state index is 0.980. The molecule has 0 aliphatic carbocycles. The normalized spacial score (nSPS) is 11.9. The van der Waals surface area contributed by atoms with Crippen LogP contribution in [0, 0.1) is 0 Å². The van der Waals surface area contributed by atoms with E-state index in [-0.39, 0.29) is 0 Å². The van der Waals surface area contributed by atoms with Crippen molar-refractivity contribution in [3.05, 3.63) is 71.8 Å². The van der Waals surface area contributed by atoms with Gasteiger partial charge in [-0.05, 0) is 30.2 Å². The van der Waals surface area contributed by atoms with Crippen molar-refractivity contribution in [2.45, 2.75) is 6.92 Å². The summed E-state index contributed by atoms with van der Waals surface area (Å²) in [7, 11) is 0. The lowest BCUT2D eigenvalue weighted by atomic mass is 10.1. The first-order chi connectivity index (χ1) is 8.34. The van der Waals surface area contributed by atoms with Crippen LogP contribution in [-0.4, -0.2) is 6.21 Å². The summed E-state index contributed by atoms with van der Waals surface area (Å²) < 4.78 is 0. The summed E-state index contributed by atoms with van der Waals surface area (Å²) in [5.41, 5.74) is 3.32. The van der Waals surface area contributed by atoms with Gasteiger partial charge in [0.1, 0.15) is 0 Å². The van der Waals surface area contributed by atoms with E-state index in [1.165, 1.54) is 5.56 Å². The molecule has 0 aromatic heterocycles. The van der Waals surface area contributed by atoms with Crippen LogP contribution < -0.4 is 0 Å². The lowest BCUT2D eigenvalue weighted by molar-refractivity contribution is 1.51. The van der Waals surface area contributed by atoms with Gasteiger partial charge in [0.15, 0.2) is 0 Å². The molecule has 0 amide bonds. The Bertz CT molecular complexity index is 510. The van der Waals surface area contributed by atoms with Crippen molar-refractivity contribution in [1.29, 1.82) is 0 Å². The summed E-state index contributed by atoms with van der Waals surface area (Å²) in [6.07, 6.45) is 4.01. The van der Waals surface area contributed by atoms with Crippen LogP contribution in [0.5, 0.6) is 0 Å². The van der Waals surface area contributed by atoms with Crippen molar-refractivity contribution in [3.63, 3.8) is 0 Å². The van der Waals surface area contributed by atoms with Crippen LogP contribution in [0.3, 0.4) is 0 Å². The van der Waals surface area contributed by atoms with Gasteiger partial charge in [0.25, 0.3) is 0 Å². The predicted octanol–water partition coefficient (Wildman–Crippen LogP) is 4.49. The second-order valence-corrected chi connectivity index (χ2v) is 3.89. The van der Waals surface area contributed by atoms with E-state index in [0.29, 0.717) is 0 Å². The number of allylic oxidation sites excluding steroid dienone is 1. The number of hydrogen-bond donors (Lipinski definition) is 0. The number of nitrogens with zero attached hydrogens (tertiary/aromatic N) is 1. The minimum Gasteiger partial charge on any atom is -0.257 e. The van der Waals surface area contributed by atoms with E-state index >= 15 is 0 Å². The first-order valence-corrected chi connectivity index (χ1v) is 5.67. The molecule has 1 heteroatoms. The Balaban J connectivity index is 2.09. The SMILES string of the molecule is C/C(C=Nc1ccccc1)=C\c1ccccc1. The fraction of sp³-hybridized carbons (Fsp3) is 0.0625. The summed E-state index contributed by atoms with van der Waals surface area (Å²) in [6, 6.07) is 20.2. The molecule has 0 saturated heterocycles. The largest absolute Gasteiger partial charge is 0.257 e. The summed E-state index contributed by atoms with van der Waals surface area (Å²) in [5, 5.41) is 0. The smallest absolute Gasteiger partial charge is 0.0629 e. The highest BCUT2D eigenvalue weighted by molar-refractivity contribution is 5.86. The molecular weight excluding hydrogens is 206 g/mol. The van der Waals surface area contributed by atoms with E-state index in [2.05, 4.69) is 30.1 Å². The molecule has 0 aliphatic heterocycles. The standard InChI is InChI=1S/C16H15N/c1-14(12-15-8-4-2-5-9-15)13-17-16-10-6-3-7-11-16/h2-13H,1H3/b14-12+,17-13?. The molecule has 2 rings (SSSR count). The maximum Gasteiger partial charge on any atom is 0.0629 e. The Kier molecular flexibility index (Phi) is 3.87. The third kappa shape index (κ3) is 3.72. The highest BCUT2D eigenvalue weighted by Gasteiger charge is 1.88. The van der Waals surface area contributed by atoms with Gasteiger partial charge < -0.3 is 0 Å². The first-order valence-electron chi connectivity index (χ1n) is 5.67. The number of benzene rings is 2. The third-order valence-electron chi connectivity index (χ3n) is 2.37. The number of hydrogen-bond acceptors (Lipinski definition) is 1. The fourth-order valence-corrected chi connectivity index (χ4v) is 1.54. The minimum absolute atomic E-state index is 0.980. The lowest BCUT2D eigenvalue weighted by Gasteiger charge is -1.95. The molecule has 0 fully saturated rings. The summed E-state index contributed by atoms with van der Waals surface area (Å²) in [5.74, 6) is 0. The first kappa shape index (κ1) is 11.3. The van der Waals surface area contributed by atoms with Gasteiger partial charge in [0, 0.05) is 6.21 Å². The highest BCUT2D eigenvalue weighted by Crippen LogP contribution is 2.10. The molecule has 0 N–H and O–H groups in total. The van der Waals surface area contributed by atoms with E-state index in [1.54, 1.807) is 0 Å². The number of rotatable bonds is 3. The Morgan fingerprint density at radius 2 is 1.47 bits per heavy atom. The molecule has 2 aromatic carbocycles. The average molecular weight is 221 g/mol. The van der Waals surface area contributed by atoms with Crippen LogP contribution in [0.4, 0.5) is 5.69 Å². The Morgan fingerprint density at radius 1 is 0.882 bits per heavy atom. The van der Waals surface area contributed by atoms with Gasteiger partial charge in [-0.15, -0.1) is 0 Å². The predicted molar refractivity (Wildman–Crippen MR) is 74.7 cm³/mol. The second-order valence-electron chi connectivity index (χ2n) is 3.89. The topological polar surface area (TPSA) is 12.4 Å². The van der Waals surface area contributed by atoms with Crippen molar-refractivity contribution in [3.8, 4) is 0 Å². The number of para-hydroxylation sites is 1. The van der Waals surface area contributed by atoms with E-state index in [4.69, 9.17) is 0 Å². The number of aliphatic imine (C=N–C) groups is 1.